The minimum atomic E-state index is -0.265. The molecule has 1 aromatic carbocycles. The number of nitrogens with zero attached hydrogens (tertiary/aromatic N) is 1. The van der Waals surface area contributed by atoms with E-state index < -0.39 is 0 Å². The van der Waals surface area contributed by atoms with Crippen LogP contribution in [0.2, 0.25) is 5.02 Å². The van der Waals surface area contributed by atoms with Crippen molar-refractivity contribution < 1.29 is 4.39 Å². The molecule has 3 nitrogen and oxygen atoms in total. The van der Waals surface area contributed by atoms with E-state index >= 15 is 0 Å². The van der Waals surface area contributed by atoms with Crippen LogP contribution in [0.4, 0.5) is 4.39 Å². The van der Waals surface area contributed by atoms with Crippen LogP contribution in [-0.2, 0) is 6.54 Å². The quantitative estimate of drug-likeness (QED) is 0.616. The molecule has 0 aliphatic heterocycles. The molecule has 1 aromatic rings. The molecule has 0 amide bonds. The molecule has 3 N–H and O–H groups in total. The van der Waals surface area contributed by atoms with Gasteiger partial charge in [-0.2, -0.15) is 0 Å². The van der Waals surface area contributed by atoms with Crippen LogP contribution >= 0.6 is 11.6 Å². The predicted octanol–water partition coefficient (Wildman–Crippen LogP) is 2.24. The number of benzene rings is 1. The summed E-state index contributed by atoms with van der Waals surface area (Å²) in [6, 6.07) is 4.49. The summed E-state index contributed by atoms with van der Waals surface area (Å²) in [7, 11) is 1.85. The monoisotopic (exact) mass is 243 g/mol. The summed E-state index contributed by atoms with van der Waals surface area (Å²) in [5.41, 5.74) is 5.80. The number of rotatable bonds is 5. The van der Waals surface area contributed by atoms with Gasteiger partial charge in [-0.1, -0.05) is 11.6 Å². The minimum Gasteiger partial charge on any atom is -0.388 e. The molecule has 16 heavy (non-hydrogen) atoms. The lowest BCUT2D eigenvalue weighted by Gasteiger charge is -2.16. The van der Waals surface area contributed by atoms with Crippen molar-refractivity contribution in [3.8, 4) is 0 Å². The van der Waals surface area contributed by atoms with Gasteiger partial charge in [-0.15, -0.1) is 0 Å². The molecule has 0 aliphatic rings. The van der Waals surface area contributed by atoms with Gasteiger partial charge in [0.25, 0.3) is 0 Å². The van der Waals surface area contributed by atoms with Crippen LogP contribution < -0.4 is 5.73 Å². The minimum absolute atomic E-state index is 0.137. The fourth-order valence-electron chi connectivity index (χ4n) is 1.35. The van der Waals surface area contributed by atoms with Gasteiger partial charge in [-0.3, -0.25) is 5.41 Å². The van der Waals surface area contributed by atoms with E-state index in [2.05, 4.69) is 0 Å². The van der Waals surface area contributed by atoms with Crippen LogP contribution in [0, 0.1) is 11.2 Å². The van der Waals surface area contributed by atoms with Crippen molar-refractivity contribution in [2.75, 3.05) is 13.6 Å². The van der Waals surface area contributed by atoms with Crippen LogP contribution in [0.5, 0.6) is 0 Å². The average molecular weight is 244 g/mol. The molecular weight excluding hydrogens is 229 g/mol. The Balaban J connectivity index is 2.58. The molecule has 0 bridgehead atoms. The molecule has 0 heterocycles. The highest BCUT2D eigenvalue weighted by Crippen LogP contribution is 2.16. The van der Waals surface area contributed by atoms with Gasteiger partial charge >= 0.3 is 0 Å². The Morgan fingerprint density at radius 1 is 1.56 bits per heavy atom. The zero-order valence-corrected chi connectivity index (χ0v) is 9.89. The standard InChI is InChI=1S/C11H15ClFN3/c1-16(5-4-11(14)15)7-8-6-9(12)2-3-10(8)13/h2-3,6H,4-5,7H2,1H3,(H3,14,15). The number of halogens is 2. The normalized spacial score (nSPS) is 10.8. The predicted molar refractivity (Wildman–Crippen MR) is 64.3 cm³/mol. The molecule has 0 atom stereocenters. The Bertz CT molecular complexity index is 381. The Morgan fingerprint density at radius 3 is 2.88 bits per heavy atom. The lowest BCUT2D eigenvalue weighted by molar-refractivity contribution is 0.330. The maximum atomic E-state index is 13.4. The van der Waals surface area contributed by atoms with Crippen LogP contribution in [0.1, 0.15) is 12.0 Å². The first-order chi connectivity index (χ1) is 7.49. The summed E-state index contributed by atoms with van der Waals surface area (Å²) >= 11 is 5.79. The Kier molecular flexibility index (Phi) is 4.71. The number of nitrogens with two attached hydrogens (primary N) is 1. The highest BCUT2D eigenvalue weighted by molar-refractivity contribution is 6.30. The molecule has 0 aliphatic carbocycles. The fraction of sp³-hybridized carbons (Fsp3) is 0.364. The van der Waals surface area contributed by atoms with Crippen molar-refractivity contribution in [1.29, 1.82) is 5.41 Å². The van der Waals surface area contributed by atoms with Gasteiger partial charge < -0.3 is 10.6 Å². The number of nitrogens with one attached hydrogen (secondary N) is 1. The molecule has 1 rings (SSSR count). The second-order valence-electron chi connectivity index (χ2n) is 3.75. The van der Waals surface area contributed by atoms with Crippen molar-refractivity contribution in [3.63, 3.8) is 0 Å². The van der Waals surface area contributed by atoms with Crippen molar-refractivity contribution in [2.45, 2.75) is 13.0 Å². The Morgan fingerprint density at radius 2 is 2.25 bits per heavy atom. The second-order valence-corrected chi connectivity index (χ2v) is 4.19. The first-order valence-corrected chi connectivity index (χ1v) is 5.32. The van der Waals surface area contributed by atoms with Gasteiger partial charge in [-0.25, -0.2) is 4.39 Å². The fourth-order valence-corrected chi connectivity index (χ4v) is 1.54. The molecule has 5 heteroatoms. The van der Waals surface area contributed by atoms with Crippen LogP contribution in [-0.4, -0.2) is 24.3 Å². The van der Waals surface area contributed by atoms with E-state index in [4.69, 9.17) is 22.7 Å². The molecular formula is C11H15ClFN3. The molecule has 0 aromatic heterocycles. The highest BCUT2D eigenvalue weighted by Gasteiger charge is 2.06. The summed E-state index contributed by atoms with van der Waals surface area (Å²) in [6.45, 7) is 1.08. The summed E-state index contributed by atoms with van der Waals surface area (Å²) in [6.07, 6.45) is 0.485. The molecule has 0 saturated carbocycles. The Labute approximate surface area is 99.5 Å². The van der Waals surface area contributed by atoms with E-state index in [9.17, 15) is 4.39 Å². The lowest BCUT2D eigenvalue weighted by atomic mass is 10.2. The lowest BCUT2D eigenvalue weighted by Crippen LogP contribution is -2.24. The molecule has 0 radical (unpaired) electrons. The first kappa shape index (κ1) is 12.9. The van der Waals surface area contributed by atoms with Gasteiger partial charge in [0.2, 0.25) is 0 Å². The van der Waals surface area contributed by atoms with Gasteiger partial charge in [0.1, 0.15) is 5.82 Å². The number of amidine groups is 1. The van der Waals surface area contributed by atoms with E-state index in [-0.39, 0.29) is 11.7 Å². The van der Waals surface area contributed by atoms with Crippen LogP contribution in [0.15, 0.2) is 18.2 Å². The van der Waals surface area contributed by atoms with E-state index in [1.165, 1.54) is 12.1 Å². The molecule has 0 fully saturated rings. The summed E-state index contributed by atoms with van der Waals surface area (Å²) in [5.74, 6) is -0.127. The Hall–Kier alpha value is -1.13. The zero-order chi connectivity index (χ0) is 12.1. The number of hydrogen-bond donors (Lipinski definition) is 2. The zero-order valence-electron chi connectivity index (χ0n) is 9.13. The summed E-state index contributed by atoms with van der Waals surface area (Å²) in [5, 5.41) is 7.62. The topological polar surface area (TPSA) is 53.1 Å². The summed E-state index contributed by atoms with van der Waals surface area (Å²) in [4.78, 5) is 1.90. The van der Waals surface area contributed by atoms with Crippen molar-refractivity contribution in [1.82, 2.24) is 4.90 Å². The molecule has 0 unspecified atom stereocenters. The van der Waals surface area contributed by atoms with E-state index in [0.717, 1.165) is 0 Å². The smallest absolute Gasteiger partial charge is 0.127 e. The highest BCUT2D eigenvalue weighted by atomic mass is 35.5. The van der Waals surface area contributed by atoms with Crippen molar-refractivity contribution in [3.05, 3.63) is 34.6 Å². The third-order valence-electron chi connectivity index (χ3n) is 2.21. The molecule has 88 valence electrons. The van der Waals surface area contributed by atoms with Gasteiger partial charge in [0.05, 0.1) is 5.84 Å². The average Bonchev–Trinajstić information content (AvgIpc) is 2.20. The van der Waals surface area contributed by atoms with E-state index in [1.54, 1.807) is 6.07 Å². The first-order valence-electron chi connectivity index (χ1n) is 4.94. The largest absolute Gasteiger partial charge is 0.388 e. The second kappa shape index (κ2) is 5.82. The molecule has 0 spiro atoms. The third-order valence-corrected chi connectivity index (χ3v) is 2.45. The summed E-state index contributed by atoms with van der Waals surface area (Å²) < 4.78 is 13.4. The van der Waals surface area contributed by atoms with Crippen LogP contribution in [0.25, 0.3) is 0 Å². The third kappa shape index (κ3) is 4.16. The SMILES string of the molecule is CN(CCC(=N)N)Cc1cc(Cl)ccc1F. The maximum absolute atomic E-state index is 13.4. The van der Waals surface area contributed by atoms with Crippen LogP contribution in [0.3, 0.4) is 0 Å². The molecule has 0 saturated heterocycles. The maximum Gasteiger partial charge on any atom is 0.127 e. The number of hydrogen-bond acceptors (Lipinski definition) is 2. The van der Waals surface area contributed by atoms with Crippen molar-refractivity contribution >= 4 is 17.4 Å². The van der Waals surface area contributed by atoms with Gasteiger partial charge in [0, 0.05) is 30.1 Å². The van der Waals surface area contributed by atoms with E-state index in [0.29, 0.717) is 30.1 Å². The van der Waals surface area contributed by atoms with Gasteiger partial charge in [0.15, 0.2) is 0 Å². The van der Waals surface area contributed by atoms with E-state index in [1.807, 2.05) is 11.9 Å². The van der Waals surface area contributed by atoms with Crippen molar-refractivity contribution in [2.24, 2.45) is 5.73 Å². The van der Waals surface area contributed by atoms with Gasteiger partial charge in [-0.05, 0) is 25.2 Å².